The maximum absolute atomic E-state index is 6.45. The summed E-state index contributed by atoms with van der Waals surface area (Å²) in [6.45, 7) is 0. The van der Waals surface area contributed by atoms with Crippen molar-refractivity contribution in [3.8, 4) is 79.2 Å². The van der Waals surface area contributed by atoms with E-state index in [4.69, 9.17) is 29.3 Å². The van der Waals surface area contributed by atoms with Gasteiger partial charge in [0.2, 0.25) is 0 Å². The molecule has 0 fully saturated rings. The fourth-order valence-electron chi connectivity index (χ4n) is 6.96. The third kappa shape index (κ3) is 6.32. The highest BCUT2D eigenvalue weighted by Gasteiger charge is 2.16. The van der Waals surface area contributed by atoms with Crippen molar-refractivity contribution in [3.05, 3.63) is 188 Å². The summed E-state index contributed by atoms with van der Waals surface area (Å²) in [7, 11) is 0. The van der Waals surface area contributed by atoms with Crippen LogP contribution in [0.3, 0.4) is 0 Å². The molecule has 3 heterocycles. The third-order valence-corrected chi connectivity index (χ3v) is 9.75. The van der Waals surface area contributed by atoms with Gasteiger partial charge in [-0.25, -0.2) is 24.9 Å². The summed E-state index contributed by atoms with van der Waals surface area (Å²) in [4.78, 5) is 24.8. The normalized spacial score (nSPS) is 11.3. The molecule has 3 aromatic heterocycles. The molecule has 0 aliphatic heterocycles. The van der Waals surface area contributed by atoms with Crippen LogP contribution in [0.1, 0.15) is 0 Å². The van der Waals surface area contributed by atoms with Gasteiger partial charge in [0.1, 0.15) is 11.2 Å². The Hall–Kier alpha value is -7.57. The van der Waals surface area contributed by atoms with Crippen LogP contribution in [0, 0.1) is 0 Å². The van der Waals surface area contributed by atoms with Gasteiger partial charge in [-0.15, -0.1) is 0 Å². The van der Waals surface area contributed by atoms with Crippen LogP contribution in [0.2, 0.25) is 0 Å². The Morgan fingerprint density at radius 2 is 0.691 bits per heavy atom. The van der Waals surface area contributed by atoms with E-state index in [-0.39, 0.29) is 0 Å². The maximum atomic E-state index is 6.45. The monoisotopic (exact) mass is 705 g/mol. The molecule has 0 unspecified atom stereocenters. The zero-order valence-corrected chi connectivity index (χ0v) is 29.5. The second kappa shape index (κ2) is 13.8. The minimum absolute atomic E-state index is 0.585. The van der Waals surface area contributed by atoms with Gasteiger partial charge in [-0.05, 0) is 47.5 Å². The predicted molar refractivity (Wildman–Crippen MR) is 221 cm³/mol. The average molecular weight is 706 g/mol. The van der Waals surface area contributed by atoms with Crippen molar-refractivity contribution in [2.75, 3.05) is 0 Å². The smallest absolute Gasteiger partial charge is 0.164 e. The summed E-state index contributed by atoms with van der Waals surface area (Å²) in [5, 5.41) is 2.05. The molecule has 6 heteroatoms. The fraction of sp³-hybridized carbons (Fsp3) is 0. The molecule has 6 nitrogen and oxygen atoms in total. The molecular weight excluding hydrogens is 675 g/mol. The first-order chi connectivity index (χ1) is 27.2. The van der Waals surface area contributed by atoms with E-state index in [2.05, 4.69) is 78.9 Å². The van der Waals surface area contributed by atoms with Crippen LogP contribution < -0.4 is 0 Å². The SMILES string of the molecule is c1ccc(-c2cc(-c3ccccc3)nc(-c3cccc(-c4ccc5oc6cc(-c7nc(-c8ccccc8)nc(-c8ccccc8)n7)ccc6c5c4)c3)n2)cc1. The average Bonchev–Trinajstić information content (AvgIpc) is 3.64. The molecule has 0 saturated heterocycles. The first-order valence-electron chi connectivity index (χ1n) is 18.2. The molecule has 10 aromatic rings. The highest BCUT2D eigenvalue weighted by molar-refractivity contribution is 6.07. The van der Waals surface area contributed by atoms with Crippen molar-refractivity contribution in [1.29, 1.82) is 0 Å². The fourth-order valence-corrected chi connectivity index (χ4v) is 6.96. The van der Waals surface area contributed by atoms with Crippen LogP contribution in [0.5, 0.6) is 0 Å². The van der Waals surface area contributed by atoms with Gasteiger partial charge in [-0.3, -0.25) is 0 Å². The summed E-state index contributed by atoms with van der Waals surface area (Å²) in [6.07, 6.45) is 0. The first-order valence-corrected chi connectivity index (χ1v) is 18.2. The molecule has 10 rings (SSSR count). The topological polar surface area (TPSA) is 77.6 Å². The maximum Gasteiger partial charge on any atom is 0.164 e. The minimum Gasteiger partial charge on any atom is -0.456 e. The van der Waals surface area contributed by atoms with E-state index >= 15 is 0 Å². The lowest BCUT2D eigenvalue weighted by Crippen LogP contribution is -2.00. The van der Waals surface area contributed by atoms with Crippen molar-refractivity contribution in [2.45, 2.75) is 0 Å². The molecule has 0 radical (unpaired) electrons. The standard InChI is InChI=1S/C49H31N5O/c1-5-14-32(15-6-1)42-31-43(33-16-7-2-8-17-33)51-48(50-42)38-23-13-22-36(28-38)37-25-27-44-41(29-37)40-26-24-39(30-45(40)55-44)49-53-46(34-18-9-3-10-19-34)52-47(54-49)35-20-11-4-12-21-35/h1-31H. The number of nitrogens with zero attached hydrogens (tertiary/aromatic N) is 5. The van der Waals surface area contributed by atoms with Gasteiger partial charge >= 0.3 is 0 Å². The Balaban J connectivity index is 1.03. The van der Waals surface area contributed by atoms with Crippen molar-refractivity contribution < 1.29 is 4.42 Å². The lowest BCUT2D eigenvalue weighted by molar-refractivity contribution is 0.669. The molecule has 0 bridgehead atoms. The molecular formula is C49H31N5O. The van der Waals surface area contributed by atoms with Crippen molar-refractivity contribution in [1.82, 2.24) is 24.9 Å². The van der Waals surface area contributed by atoms with Crippen LogP contribution in [-0.4, -0.2) is 24.9 Å². The third-order valence-electron chi connectivity index (χ3n) is 9.75. The van der Waals surface area contributed by atoms with Crippen LogP contribution in [0.4, 0.5) is 0 Å². The summed E-state index contributed by atoms with van der Waals surface area (Å²) < 4.78 is 6.45. The molecule has 0 aliphatic rings. The number of fused-ring (bicyclic) bond motifs is 3. The first kappa shape index (κ1) is 32.1. The molecule has 258 valence electrons. The van der Waals surface area contributed by atoms with Crippen LogP contribution in [0.15, 0.2) is 192 Å². The summed E-state index contributed by atoms with van der Waals surface area (Å²) in [6, 6.07) is 63.5. The van der Waals surface area contributed by atoms with E-state index in [1.165, 1.54) is 0 Å². The molecule has 7 aromatic carbocycles. The Morgan fingerprint density at radius 3 is 1.27 bits per heavy atom. The Bertz CT molecular complexity index is 2850. The Labute approximate surface area is 317 Å². The number of furan rings is 1. The molecule has 0 amide bonds. The Kier molecular flexibility index (Phi) is 8.04. The van der Waals surface area contributed by atoms with Crippen molar-refractivity contribution >= 4 is 21.9 Å². The summed E-state index contributed by atoms with van der Waals surface area (Å²) in [5.74, 6) is 2.50. The van der Waals surface area contributed by atoms with Crippen LogP contribution >= 0.6 is 0 Å². The van der Waals surface area contributed by atoms with E-state index in [9.17, 15) is 0 Å². The van der Waals surface area contributed by atoms with Crippen molar-refractivity contribution in [3.63, 3.8) is 0 Å². The molecule has 55 heavy (non-hydrogen) atoms. The Morgan fingerprint density at radius 1 is 0.255 bits per heavy atom. The van der Waals surface area contributed by atoms with Gasteiger partial charge in [0.15, 0.2) is 23.3 Å². The van der Waals surface area contributed by atoms with Gasteiger partial charge in [-0.1, -0.05) is 152 Å². The molecule has 0 spiro atoms. The summed E-state index contributed by atoms with van der Waals surface area (Å²) in [5.41, 5.74) is 11.2. The van der Waals surface area contributed by atoms with E-state index in [0.717, 1.165) is 77.8 Å². The van der Waals surface area contributed by atoms with Gasteiger partial charge in [0.05, 0.1) is 11.4 Å². The van der Waals surface area contributed by atoms with Gasteiger partial charge in [0, 0.05) is 44.2 Å². The van der Waals surface area contributed by atoms with E-state index in [1.807, 2.05) is 109 Å². The lowest BCUT2D eigenvalue weighted by Gasteiger charge is -2.10. The second-order valence-electron chi connectivity index (χ2n) is 13.3. The number of benzene rings is 7. The minimum atomic E-state index is 0.585. The zero-order valence-electron chi connectivity index (χ0n) is 29.5. The lowest BCUT2D eigenvalue weighted by atomic mass is 10.00. The van der Waals surface area contributed by atoms with Crippen LogP contribution in [-0.2, 0) is 0 Å². The number of hydrogen-bond acceptors (Lipinski definition) is 6. The highest BCUT2D eigenvalue weighted by atomic mass is 16.3. The number of hydrogen-bond donors (Lipinski definition) is 0. The quantitative estimate of drug-likeness (QED) is 0.164. The largest absolute Gasteiger partial charge is 0.456 e. The van der Waals surface area contributed by atoms with Crippen molar-refractivity contribution in [2.24, 2.45) is 0 Å². The summed E-state index contributed by atoms with van der Waals surface area (Å²) >= 11 is 0. The van der Waals surface area contributed by atoms with E-state index in [0.29, 0.717) is 23.3 Å². The van der Waals surface area contributed by atoms with E-state index < -0.39 is 0 Å². The van der Waals surface area contributed by atoms with E-state index in [1.54, 1.807) is 0 Å². The molecule has 0 atom stereocenters. The number of aromatic nitrogens is 5. The predicted octanol–water partition coefficient (Wildman–Crippen LogP) is 12.2. The second-order valence-corrected chi connectivity index (χ2v) is 13.3. The highest BCUT2D eigenvalue weighted by Crippen LogP contribution is 2.36. The zero-order chi connectivity index (χ0) is 36.6. The number of rotatable bonds is 7. The van der Waals surface area contributed by atoms with Gasteiger partial charge in [-0.2, -0.15) is 0 Å². The van der Waals surface area contributed by atoms with Gasteiger partial charge < -0.3 is 4.42 Å². The molecule has 0 aliphatic carbocycles. The van der Waals surface area contributed by atoms with Gasteiger partial charge in [0.25, 0.3) is 0 Å². The molecule has 0 N–H and O–H groups in total. The molecule has 0 saturated carbocycles. The van der Waals surface area contributed by atoms with Crippen LogP contribution in [0.25, 0.3) is 101 Å².